The summed E-state index contributed by atoms with van der Waals surface area (Å²) >= 11 is 4.05. The summed E-state index contributed by atoms with van der Waals surface area (Å²) in [5.41, 5.74) is 4.60. The first-order valence-corrected chi connectivity index (χ1v) is 1.36. The maximum atomic E-state index is 9.11. The first kappa shape index (κ1) is 9.83. The number of nitrogens with two attached hydrogens (primary N) is 1. The Labute approximate surface area is 66.3 Å². The van der Waals surface area contributed by atoms with Gasteiger partial charge in [0.15, 0.2) is 0 Å². The third-order valence-electron chi connectivity index (χ3n) is 0.101. The fraction of sp³-hybridized carbons (Fsp3) is 0. The topological polar surface area (TPSA) is 43.1 Å². The summed E-state index contributed by atoms with van der Waals surface area (Å²) in [6.07, 6.45) is 1.29. The van der Waals surface area contributed by atoms with E-state index >= 15 is 0 Å². The largest absolute Gasteiger partial charge is 0.535 e. The van der Waals surface area contributed by atoms with Gasteiger partial charge in [0, 0.05) is 32.7 Å². The summed E-state index contributed by atoms with van der Waals surface area (Å²) in [7, 11) is 0. The van der Waals surface area contributed by atoms with Gasteiger partial charge in [0.25, 0.3) is 0 Å². The maximum Gasteiger partial charge on any atom is 0 e. The monoisotopic (exact) mass is 177 g/mol. The van der Waals surface area contributed by atoms with E-state index in [4.69, 9.17) is 4.79 Å². The molecule has 0 atom stereocenters. The molecule has 0 aromatic carbocycles. The smallest absolute Gasteiger partial charge is 0 e. The van der Waals surface area contributed by atoms with E-state index in [0.717, 1.165) is 0 Å². The Morgan fingerprint density at radius 1 is 1.83 bits per heavy atom. The van der Waals surface area contributed by atoms with Crippen LogP contribution in [0.15, 0.2) is 0 Å². The van der Waals surface area contributed by atoms with E-state index < -0.39 is 0 Å². The van der Waals surface area contributed by atoms with Crippen LogP contribution in [-0.4, -0.2) is 11.3 Å². The minimum atomic E-state index is -0.218. The van der Waals surface area contributed by atoms with Gasteiger partial charge in [-0.25, -0.2) is 6.29 Å². The minimum Gasteiger partial charge on any atom is -0.535 e. The van der Waals surface area contributed by atoms with Crippen LogP contribution in [0.3, 0.4) is 0 Å². The van der Waals surface area contributed by atoms with Gasteiger partial charge in [-0.15, -0.1) is 12.2 Å². The second kappa shape index (κ2) is 5.66. The molecule has 0 amide bonds. The van der Waals surface area contributed by atoms with Crippen molar-refractivity contribution in [2.45, 2.75) is 0 Å². The molecule has 0 spiro atoms. The molecule has 0 aromatic rings. The molecular weight excluding hydrogens is 175 g/mol. The molecule has 2 N–H and O–H groups in total. The number of rotatable bonds is 1. The van der Waals surface area contributed by atoms with E-state index in [9.17, 15) is 0 Å². The van der Waals surface area contributed by atoms with Crippen LogP contribution < -0.4 is 5.73 Å². The Morgan fingerprint density at radius 3 is 2.00 bits per heavy atom. The first-order chi connectivity index (χ1) is 2.27. The fourth-order valence-corrected chi connectivity index (χ4v) is 0. The molecule has 31 valence electrons. The van der Waals surface area contributed by atoms with Gasteiger partial charge in [-0.05, 0) is 0 Å². The molecule has 0 heterocycles. The molecule has 0 rings (SSSR count). The number of carbonyl (C=O) groups excluding carboxylic acids is 1. The van der Waals surface area contributed by atoms with E-state index in [0.29, 0.717) is 0 Å². The van der Waals surface area contributed by atoms with Crippen LogP contribution in [0.1, 0.15) is 0 Å². The molecule has 0 aliphatic rings. The maximum absolute atomic E-state index is 9.11. The van der Waals surface area contributed by atoms with Crippen molar-refractivity contribution in [1.82, 2.24) is 0 Å². The van der Waals surface area contributed by atoms with Crippen molar-refractivity contribution >= 4 is 23.5 Å². The summed E-state index contributed by atoms with van der Waals surface area (Å²) in [6, 6.07) is 0. The number of hydrogen-bond acceptors (Lipinski definition) is 2. The third kappa shape index (κ3) is 8.82. The average molecular weight is 177 g/mol. The van der Waals surface area contributed by atoms with Crippen molar-refractivity contribution in [2.24, 2.45) is 5.73 Å². The summed E-state index contributed by atoms with van der Waals surface area (Å²) in [4.78, 5) is 8.90. The molecule has 1 radical (unpaired) electrons. The van der Waals surface area contributed by atoms with Gasteiger partial charge in [-0.2, -0.15) is 0 Å². The molecule has 0 aromatic heterocycles. The first-order valence-electron chi connectivity index (χ1n) is 0.947. The van der Waals surface area contributed by atoms with Gasteiger partial charge in [0.05, 0.1) is 0 Å². The van der Waals surface area contributed by atoms with Crippen LogP contribution in [0.25, 0.3) is 0 Å². The fourth-order valence-electron chi connectivity index (χ4n) is 0. The Balaban J connectivity index is 0. The van der Waals surface area contributed by atoms with Crippen molar-refractivity contribution in [2.75, 3.05) is 0 Å². The Kier molecular flexibility index (Phi) is 9.28. The normalized spacial score (nSPS) is 5.33. The Bertz CT molecular complexity index is 64.6. The number of thiocarbonyl (C=S) groups is 1. The van der Waals surface area contributed by atoms with Crippen molar-refractivity contribution < 1.29 is 37.5 Å². The molecule has 0 aliphatic heterocycles. The van der Waals surface area contributed by atoms with Crippen LogP contribution in [-0.2, 0) is 37.5 Å². The van der Waals surface area contributed by atoms with Gasteiger partial charge in [0.1, 0.15) is 0 Å². The van der Waals surface area contributed by atoms with Crippen molar-refractivity contribution in [3.05, 3.63) is 0 Å². The second-order valence-electron chi connectivity index (χ2n) is 0.466. The quantitative estimate of drug-likeness (QED) is 0.428. The van der Waals surface area contributed by atoms with E-state index in [1.54, 1.807) is 0 Å². The molecule has 0 aliphatic carbocycles. The standard InChI is InChI=1S/C2H2NOS.Y/c3-2(5)1-4;/h(H2,3,5);/q-1;. The van der Waals surface area contributed by atoms with E-state index in [1.807, 2.05) is 0 Å². The molecule has 0 saturated heterocycles. The van der Waals surface area contributed by atoms with Gasteiger partial charge in [0.2, 0.25) is 0 Å². The molecule has 6 heavy (non-hydrogen) atoms. The summed E-state index contributed by atoms with van der Waals surface area (Å²) in [5, 5.41) is 0. The Morgan fingerprint density at radius 2 is 2.00 bits per heavy atom. The number of hydrogen-bond donors (Lipinski definition) is 1. The molecule has 0 unspecified atom stereocenters. The van der Waals surface area contributed by atoms with Crippen LogP contribution in [0.4, 0.5) is 0 Å². The summed E-state index contributed by atoms with van der Waals surface area (Å²) < 4.78 is 0. The van der Waals surface area contributed by atoms with E-state index in [1.165, 1.54) is 6.29 Å². The van der Waals surface area contributed by atoms with Gasteiger partial charge >= 0.3 is 0 Å². The minimum absolute atomic E-state index is 0. The van der Waals surface area contributed by atoms with Crippen molar-refractivity contribution in [1.29, 1.82) is 0 Å². The molecule has 0 saturated carbocycles. The molecule has 4 heteroatoms. The predicted molar refractivity (Wildman–Crippen MR) is 22.5 cm³/mol. The SMILES string of the molecule is NC(=S)[C-]=O.[Y]. The second-order valence-corrected chi connectivity index (χ2v) is 0.906. The van der Waals surface area contributed by atoms with Crippen LogP contribution >= 0.6 is 12.2 Å². The van der Waals surface area contributed by atoms with Crippen molar-refractivity contribution in [3.8, 4) is 0 Å². The van der Waals surface area contributed by atoms with Gasteiger partial charge < -0.3 is 10.5 Å². The van der Waals surface area contributed by atoms with Gasteiger partial charge in [-0.1, -0.05) is 4.99 Å². The van der Waals surface area contributed by atoms with Gasteiger partial charge in [-0.3, -0.25) is 0 Å². The zero-order chi connectivity index (χ0) is 4.28. The van der Waals surface area contributed by atoms with Crippen LogP contribution in [0, 0.1) is 0 Å². The molecular formula is C2H2NOSY-. The average Bonchev–Trinajstić information content (AvgIpc) is 1.38. The zero-order valence-electron chi connectivity index (χ0n) is 2.97. The van der Waals surface area contributed by atoms with E-state index in [2.05, 4.69) is 18.0 Å². The summed E-state index contributed by atoms with van der Waals surface area (Å²) in [6.45, 7) is 0. The van der Waals surface area contributed by atoms with Crippen LogP contribution in [0.2, 0.25) is 0 Å². The molecule has 0 bridgehead atoms. The molecule has 2 nitrogen and oxygen atoms in total. The predicted octanol–water partition coefficient (Wildman–Crippen LogP) is -0.620. The van der Waals surface area contributed by atoms with Crippen LogP contribution in [0.5, 0.6) is 0 Å². The van der Waals surface area contributed by atoms with Crippen molar-refractivity contribution in [3.63, 3.8) is 0 Å². The third-order valence-corrected chi connectivity index (χ3v) is 0.184. The molecule has 0 fully saturated rings. The van der Waals surface area contributed by atoms with E-state index in [-0.39, 0.29) is 37.7 Å². The Hall–Kier alpha value is 0.664. The summed E-state index contributed by atoms with van der Waals surface area (Å²) in [5.74, 6) is 0. The zero-order valence-corrected chi connectivity index (χ0v) is 6.63.